The third-order valence-electron chi connectivity index (χ3n) is 3.99. The lowest BCUT2D eigenvalue weighted by Gasteiger charge is -2.42. The fourth-order valence-electron chi connectivity index (χ4n) is 2.68. The largest absolute Gasteiger partial charge is 0.395 e. The molecule has 3 N–H and O–H groups in total. The molecule has 0 bridgehead atoms. The molecule has 1 atom stereocenters. The Balaban J connectivity index is 2.15. The van der Waals surface area contributed by atoms with Crippen molar-refractivity contribution in [1.82, 2.24) is 4.90 Å². The van der Waals surface area contributed by atoms with Gasteiger partial charge in [-0.2, -0.15) is 0 Å². The minimum atomic E-state index is 0.207. The molecule has 0 radical (unpaired) electrons. The fourth-order valence-corrected chi connectivity index (χ4v) is 2.68. The molecule has 0 heterocycles. The van der Waals surface area contributed by atoms with E-state index in [1.165, 1.54) is 30.4 Å². The Kier molecular flexibility index (Phi) is 4.75. The first-order valence-corrected chi connectivity index (χ1v) is 6.89. The van der Waals surface area contributed by atoms with Crippen LogP contribution in [0.4, 0.5) is 0 Å². The average molecular weight is 248 g/mol. The summed E-state index contributed by atoms with van der Waals surface area (Å²) in [6.07, 6.45) is 3.78. The number of aliphatic hydroxyl groups is 1. The van der Waals surface area contributed by atoms with Crippen molar-refractivity contribution in [3.8, 4) is 0 Å². The maximum absolute atomic E-state index is 9.26. The van der Waals surface area contributed by atoms with Crippen LogP contribution in [0.3, 0.4) is 0 Å². The molecule has 1 aliphatic rings. The molecule has 0 aliphatic heterocycles. The van der Waals surface area contributed by atoms with E-state index in [0.717, 1.165) is 6.54 Å². The third-order valence-corrected chi connectivity index (χ3v) is 3.99. The predicted octanol–water partition coefficient (Wildman–Crippen LogP) is 1.84. The van der Waals surface area contributed by atoms with Crippen molar-refractivity contribution >= 4 is 0 Å². The van der Waals surface area contributed by atoms with Crippen molar-refractivity contribution in [3.63, 3.8) is 0 Å². The number of rotatable bonds is 6. The van der Waals surface area contributed by atoms with Gasteiger partial charge in [-0.3, -0.25) is 4.90 Å². The van der Waals surface area contributed by atoms with Crippen molar-refractivity contribution in [2.45, 2.75) is 38.3 Å². The maximum Gasteiger partial charge on any atom is 0.0558 e. The summed E-state index contributed by atoms with van der Waals surface area (Å²) in [6, 6.07) is 9.44. The summed E-state index contributed by atoms with van der Waals surface area (Å²) >= 11 is 0. The van der Waals surface area contributed by atoms with Crippen LogP contribution in [0.5, 0.6) is 0 Å². The molecule has 0 saturated heterocycles. The highest BCUT2D eigenvalue weighted by atomic mass is 16.3. The molecule has 0 spiro atoms. The van der Waals surface area contributed by atoms with E-state index in [0.29, 0.717) is 12.6 Å². The summed E-state index contributed by atoms with van der Waals surface area (Å²) in [4.78, 5) is 2.38. The van der Waals surface area contributed by atoms with E-state index in [4.69, 9.17) is 5.73 Å². The highest BCUT2D eigenvalue weighted by molar-refractivity contribution is 5.24. The van der Waals surface area contributed by atoms with E-state index < -0.39 is 0 Å². The molecule has 100 valence electrons. The van der Waals surface area contributed by atoms with Gasteiger partial charge in [-0.05, 0) is 25.3 Å². The van der Waals surface area contributed by atoms with Gasteiger partial charge in [0.15, 0.2) is 0 Å². The summed E-state index contributed by atoms with van der Waals surface area (Å²) in [6.45, 7) is 3.64. The van der Waals surface area contributed by atoms with Crippen molar-refractivity contribution < 1.29 is 5.11 Å². The van der Waals surface area contributed by atoms with Gasteiger partial charge in [-0.1, -0.05) is 36.2 Å². The summed E-state index contributed by atoms with van der Waals surface area (Å²) in [5, 5.41) is 9.26. The van der Waals surface area contributed by atoms with Crippen LogP contribution in [-0.4, -0.2) is 35.7 Å². The Morgan fingerprint density at radius 3 is 2.44 bits per heavy atom. The van der Waals surface area contributed by atoms with Gasteiger partial charge < -0.3 is 10.8 Å². The molecule has 0 amide bonds. The molecule has 3 nitrogen and oxygen atoms in total. The molecule has 0 aromatic heterocycles. The molecule has 18 heavy (non-hydrogen) atoms. The topological polar surface area (TPSA) is 49.5 Å². The third kappa shape index (κ3) is 2.91. The van der Waals surface area contributed by atoms with E-state index in [2.05, 4.69) is 36.1 Å². The molecule has 1 aromatic rings. The summed E-state index contributed by atoms with van der Waals surface area (Å²) in [5.41, 5.74) is 8.50. The number of hydrogen-bond acceptors (Lipinski definition) is 3. The highest BCUT2D eigenvalue weighted by Gasteiger charge is 2.30. The monoisotopic (exact) mass is 248 g/mol. The molecule has 3 heteroatoms. The second kappa shape index (κ2) is 6.32. The van der Waals surface area contributed by atoms with E-state index >= 15 is 0 Å². The quantitative estimate of drug-likeness (QED) is 0.807. The van der Waals surface area contributed by atoms with Gasteiger partial charge in [0, 0.05) is 25.2 Å². The van der Waals surface area contributed by atoms with Crippen LogP contribution < -0.4 is 5.73 Å². The van der Waals surface area contributed by atoms with Crippen LogP contribution in [0.1, 0.15) is 36.4 Å². The van der Waals surface area contributed by atoms with Crippen molar-refractivity contribution in [1.29, 1.82) is 0 Å². The average Bonchev–Trinajstić information content (AvgIpc) is 2.30. The van der Waals surface area contributed by atoms with Crippen LogP contribution in [-0.2, 0) is 0 Å². The number of hydrogen-bond donors (Lipinski definition) is 2. The number of nitrogens with two attached hydrogens (primary N) is 1. The molecule has 1 saturated carbocycles. The Morgan fingerprint density at radius 1 is 1.33 bits per heavy atom. The lowest BCUT2D eigenvalue weighted by Crippen LogP contribution is -2.46. The molecule has 1 unspecified atom stereocenters. The second-order valence-corrected chi connectivity index (χ2v) is 5.21. The number of benzene rings is 1. The zero-order valence-electron chi connectivity index (χ0n) is 11.2. The van der Waals surface area contributed by atoms with Crippen LogP contribution in [0, 0.1) is 6.92 Å². The Bertz CT molecular complexity index is 359. The summed E-state index contributed by atoms with van der Waals surface area (Å²) in [5.74, 6) is 0. The first-order chi connectivity index (χ1) is 8.76. The van der Waals surface area contributed by atoms with Crippen molar-refractivity contribution in [3.05, 3.63) is 35.4 Å². The SMILES string of the molecule is Cc1ccc(C(CN)N(CCO)C2CCC2)cc1. The first kappa shape index (κ1) is 13.5. The smallest absolute Gasteiger partial charge is 0.0558 e. The van der Waals surface area contributed by atoms with Gasteiger partial charge in [-0.15, -0.1) is 0 Å². The van der Waals surface area contributed by atoms with Gasteiger partial charge in [0.1, 0.15) is 0 Å². The molecule has 1 aromatic carbocycles. The Morgan fingerprint density at radius 2 is 2.00 bits per heavy atom. The van der Waals surface area contributed by atoms with E-state index in [1.54, 1.807) is 0 Å². The van der Waals surface area contributed by atoms with Gasteiger partial charge in [0.05, 0.1) is 6.61 Å². The van der Waals surface area contributed by atoms with Crippen LogP contribution in [0.25, 0.3) is 0 Å². The second-order valence-electron chi connectivity index (χ2n) is 5.21. The summed E-state index contributed by atoms with van der Waals surface area (Å²) in [7, 11) is 0. The fraction of sp³-hybridized carbons (Fsp3) is 0.600. The Labute approximate surface area is 110 Å². The number of aryl methyl sites for hydroxylation is 1. The lowest BCUT2D eigenvalue weighted by molar-refractivity contribution is 0.0623. The van der Waals surface area contributed by atoms with E-state index in [-0.39, 0.29) is 12.6 Å². The van der Waals surface area contributed by atoms with Gasteiger partial charge in [0.2, 0.25) is 0 Å². The van der Waals surface area contributed by atoms with Crippen LogP contribution in [0.15, 0.2) is 24.3 Å². The maximum atomic E-state index is 9.26. The molecular weight excluding hydrogens is 224 g/mol. The van der Waals surface area contributed by atoms with Gasteiger partial charge in [-0.25, -0.2) is 0 Å². The van der Waals surface area contributed by atoms with E-state index in [1.807, 2.05) is 0 Å². The standard InChI is InChI=1S/C15H24N2O/c1-12-5-7-13(8-6-12)15(11-16)17(9-10-18)14-3-2-4-14/h5-8,14-15,18H,2-4,9-11,16H2,1H3. The number of aliphatic hydroxyl groups excluding tert-OH is 1. The van der Waals surface area contributed by atoms with Crippen molar-refractivity contribution in [2.75, 3.05) is 19.7 Å². The predicted molar refractivity (Wildman–Crippen MR) is 74.4 cm³/mol. The molecule has 1 aliphatic carbocycles. The first-order valence-electron chi connectivity index (χ1n) is 6.89. The molecule has 1 fully saturated rings. The highest BCUT2D eigenvalue weighted by Crippen LogP contribution is 2.31. The Hall–Kier alpha value is -0.900. The summed E-state index contributed by atoms with van der Waals surface area (Å²) < 4.78 is 0. The van der Waals surface area contributed by atoms with Crippen molar-refractivity contribution in [2.24, 2.45) is 5.73 Å². The minimum absolute atomic E-state index is 0.207. The zero-order chi connectivity index (χ0) is 13.0. The van der Waals surface area contributed by atoms with Crippen LogP contribution >= 0.6 is 0 Å². The minimum Gasteiger partial charge on any atom is -0.395 e. The van der Waals surface area contributed by atoms with Crippen LogP contribution in [0.2, 0.25) is 0 Å². The number of nitrogens with zero attached hydrogens (tertiary/aromatic N) is 1. The van der Waals surface area contributed by atoms with Gasteiger partial charge >= 0.3 is 0 Å². The normalized spacial score (nSPS) is 17.8. The molecular formula is C15H24N2O. The zero-order valence-corrected chi connectivity index (χ0v) is 11.2. The van der Waals surface area contributed by atoms with E-state index in [9.17, 15) is 5.11 Å². The molecule has 2 rings (SSSR count). The van der Waals surface area contributed by atoms with Gasteiger partial charge in [0.25, 0.3) is 0 Å². The lowest BCUT2D eigenvalue weighted by atomic mass is 9.89.